The van der Waals surface area contributed by atoms with E-state index in [9.17, 15) is 4.79 Å². The maximum atomic E-state index is 13.0. The zero-order valence-corrected chi connectivity index (χ0v) is 14.7. The van der Waals surface area contributed by atoms with Gasteiger partial charge < -0.3 is 9.64 Å². The maximum absolute atomic E-state index is 13.0. The fourth-order valence-electron chi connectivity index (χ4n) is 4.18. The standard InChI is InChI=1S/C19H24N4O2/c1-19(2,23-13-20-12-21-23)18(24)22-10-14-8-17(9-15(14)11-22)25-16-6-4-3-5-7-16/h3-7,12-15,17H,8-11H2,1-2H3/t14-,15+,17?. The summed E-state index contributed by atoms with van der Waals surface area (Å²) >= 11 is 0. The van der Waals surface area contributed by atoms with E-state index in [4.69, 9.17) is 4.74 Å². The Labute approximate surface area is 147 Å². The molecule has 0 spiro atoms. The molecule has 2 aliphatic rings. The molecule has 4 rings (SSSR count). The van der Waals surface area contributed by atoms with Crippen molar-refractivity contribution in [3.05, 3.63) is 43.0 Å². The molecule has 1 saturated carbocycles. The monoisotopic (exact) mass is 340 g/mol. The van der Waals surface area contributed by atoms with Crippen molar-refractivity contribution in [2.24, 2.45) is 11.8 Å². The molecule has 0 N–H and O–H groups in total. The maximum Gasteiger partial charge on any atom is 0.250 e. The Bertz CT molecular complexity index is 715. The van der Waals surface area contributed by atoms with Gasteiger partial charge in [-0.1, -0.05) is 18.2 Å². The molecule has 1 amide bonds. The second kappa shape index (κ2) is 6.17. The van der Waals surface area contributed by atoms with Gasteiger partial charge in [0.05, 0.1) is 6.10 Å². The smallest absolute Gasteiger partial charge is 0.250 e. The van der Waals surface area contributed by atoms with Crippen molar-refractivity contribution in [2.45, 2.75) is 38.3 Å². The topological polar surface area (TPSA) is 60.2 Å². The van der Waals surface area contributed by atoms with Crippen LogP contribution in [-0.4, -0.2) is 44.8 Å². The number of carbonyl (C=O) groups excluding carboxylic acids is 1. The molecule has 2 fully saturated rings. The van der Waals surface area contributed by atoms with Crippen molar-refractivity contribution in [3.63, 3.8) is 0 Å². The third-order valence-electron chi connectivity index (χ3n) is 5.56. The predicted octanol–water partition coefficient (Wildman–Crippen LogP) is 2.33. The van der Waals surface area contributed by atoms with E-state index in [0.29, 0.717) is 11.8 Å². The van der Waals surface area contributed by atoms with Crippen LogP contribution in [0.1, 0.15) is 26.7 Å². The quantitative estimate of drug-likeness (QED) is 0.857. The predicted molar refractivity (Wildman–Crippen MR) is 93.0 cm³/mol. The van der Waals surface area contributed by atoms with Crippen LogP contribution in [0.5, 0.6) is 5.75 Å². The normalized spacial score (nSPS) is 25.8. The summed E-state index contributed by atoms with van der Waals surface area (Å²) < 4.78 is 7.75. The lowest BCUT2D eigenvalue weighted by Gasteiger charge is -2.30. The van der Waals surface area contributed by atoms with Gasteiger partial charge in [0.1, 0.15) is 23.9 Å². The number of likely N-dealkylation sites (tertiary alicyclic amines) is 1. The molecular formula is C19H24N4O2. The first-order chi connectivity index (χ1) is 12.0. The fraction of sp³-hybridized carbons (Fsp3) is 0.526. The van der Waals surface area contributed by atoms with E-state index in [2.05, 4.69) is 10.1 Å². The van der Waals surface area contributed by atoms with E-state index in [0.717, 1.165) is 31.7 Å². The molecule has 132 valence electrons. The molecule has 2 heterocycles. The molecule has 1 saturated heterocycles. The number of hydrogen-bond donors (Lipinski definition) is 0. The lowest BCUT2D eigenvalue weighted by atomic mass is 10.0. The molecule has 0 radical (unpaired) electrons. The van der Waals surface area contributed by atoms with Crippen LogP contribution in [0.3, 0.4) is 0 Å². The van der Waals surface area contributed by atoms with Gasteiger partial charge in [0.2, 0.25) is 5.91 Å². The van der Waals surface area contributed by atoms with E-state index in [-0.39, 0.29) is 12.0 Å². The molecular weight excluding hydrogens is 316 g/mol. The summed E-state index contributed by atoms with van der Waals surface area (Å²) in [4.78, 5) is 18.9. The fourth-order valence-corrected chi connectivity index (χ4v) is 4.18. The lowest BCUT2D eigenvalue weighted by molar-refractivity contribution is -0.139. The SMILES string of the molecule is CC(C)(C(=O)N1C[C@H]2CC(Oc3ccccc3)C[C@H]2C1)n1cncn1. The Morgan fingerprint density at radius 1 is 1.16 bits per heavy atom. The highest BCUT2D eigenvalue weighted by atomic mass is 16.5. The molecule has 1 aromatic carbocycles. The van der Waals surface area contributed by atoms with E-state index in [1.54, 1.807) is 11.0 Å². The highest BCUT2D eigenvalue weighted by molar-refractivity contribution is 5.83. The van der Waals surface area contributed by atoms with Gasteiger partial charge in [0.15, 0.2) is 0 Å². The summed E-state index contributed by atoms with van der Waals surface area (Å²) in [5.74, 6) is 2.12. The molecule has 3 atom stereocenters. The van der Waals surface area contributed by atoms with Gasteiger partial charge in [-0.3, -0.25) is 4.79 Å². The number of fused-ring (bicyclic) bond motifs is 1. The second-order valence-corrected chi connectivity index (χ2v) is 7.65. The van der Waals surface area contributed by atoms with Crippen LogP contribution in [-0.2, 0) is 10.3 Å². The van der Waals surface area contributed by atoms with Crippen molar-refractivity contribution in [2.75, 3.05) is 13.1 Å². The van der Waals surface area contributed by atoms with Crippen molar-refractivity contribution < 1.29 is 9.53 Å². The molecule has 1 aliphatic heterocycles. The van der Waals surface area contributed by atoms with Crippen LogP contribution in [0.25, 0.3) is 0 Å². The van der Waals surface area contributed by atoms with E-state index in [1.165, 1.54) is 6.33 Å². The van der Waals surface area contributed by atoms with Gasteiger partial charge >= 0.3 is 0 Å². The molecule has 0 bridgehead atoms. The van der Waals surface area contributed by atoms with Gasteiger partial charge in [0.25, 0.3) is 0 Å². The molecule has 6 nitrogen and oxygen atoms in total. The molecule has 1 unspecified atom stereocenters. The summed E-state index contributed by atoms with van der Waals surface area (Å²) in [6, 6.07) is 10.0. The number of carbonyl (C=O) groups is 1. The van der Waals surface area contributed by atoms with Gasteiger partial charge in [-0.05, 0) is 50.7 Å². The molecule has 25 heavy (non-hydrogen) atoms. The Kier molecular flexibility index (Phi) is 3.98. The first-order valence-electron chi connectivity index (χ1n) is 8.90. The summed E-state index contributed by atoms with van der Waals surface area (Å²) in [7, 11) is 0. The minimum atomic E-state index is -0.699. The van der Waals surface area contributed by atoms with Crippen LogP contribution in [0.4, 0.5) is 0 Å². The Morgan fingerprint density at radius 3 is 2.44 bits per heavy atom. The third-order valence-corrected chi connectivity index (χ3v) is 5.56. The van der Waals surface area contributed by atoms with Crippen LogP contribution in [0.15, 0.2) is 43.0 Å². The van der Waals surface area contributed by atoms with Crippen LogP contribution < -0.4 is 4.74 Å². The third kappa shape index (κ3) is 3.01. The minimum absolute atomic E-state index is 0.118. The van der Waals surface area contributed by atoms with Gasteiger partial charge in [-0.15, -0.1) is 0 Å². The second-order valence-electron chi connectivity index (χ2n) is 7.65. The van der Waals surface area contributed by atoms with Gasteiger partial charge in [-0.2, -0.15) is 5.10 Å². The largest absolute Gasteiger partial charge is 0.490 e. The summed E-state index contributed by atoms with van der Waals surface area (Å²) in [6.07, 6.45) is 5.39. The average molecular weight is 340 g/mol. The van der Waals surface area contributed by atoms with Crippen molar-refractivity contribution in [1.29, 1.82) is 0 Å². The van der Waals surface area contributed by atoms with E-state index >= 15 is 0 Å². The first kappa shape index (κ1) is 16.1. The number of para-hydroxylation sites is 1. The first-order valence-corrected chi connectivity index (χ1v) is 8.90. The number of nitrogens with zero attached hydrogens (tertiary/aromatic N) is 4. The summed E-state index contributed by atoms with van der Waals surface area (Å²) in [6.45, 7) is 5.44. The number of ether oxygens (including phenoxy) is 1. The zero-order chi connectivity index (χ0) is 17.4. The Balaban J connectivity index is 1.37. The lowest BCUT2D eigenvalue weighted by Crippen LogP contribution is -2.46. The highest BCUT2D eigenvalue weighted by Crippen LogP contribution is 2.40. The summed E-state index contributed by atoms with van der Waals surface area (Å²) in [5.41, 5.74) is -0.699. The number of benzene rings is 1. The van der Waals surface area contributed by atoms with E-state index in [1.807, 2.05) is 49.1 Å². The molecule has 6 heteroatoms. The Hall–Kier alpha value is -2.37. The molecule has 1 aliphatic carbocycles. The van der Waals surface area contributed by atoms with Crippen molar-refractivity contribution in [3.8, 4) is 5.75 Å². The number of hydrogen-bond acceptors (Lipinski definition) is 4. The van der Waals surface area contributed by atoms with Crippen LogP contribution >= 0.6 is 0 Å². The zero-order valence-electron chi connectivity index (χ0n) is 14.7. The number of aromatic nitrogens is 3. The van der Waals surface area contributed by atoms with E-state index < -0.39 is 5.54 Å². The van der Waals surface area contributed by atoms with Crippen LogP contribution in [0.2, 0.25) is 0 Å². The summed E-state index contributed by atoms with van der Waals surface area (Å²) in [5, 5.41) is 4.15. The number of amides is 1. The van der Waals surface area contributed by atoms with Gasteiger partial charge in [0, 0.05) is 13.1 Å². The van der Waals surface area contributed by atoms with Crippen molar-refractivity contribution in [1.82, 2.24) is 19.7 Å². The van der Waals surface area contributed by atoms with Crippen molar-refractivity contribution >= 4 is 5.91 Å². The van der Waals surface area contributed by atoms with Gasteiger partial charge in [-0.25, -0.2) is 9.67 Å². The molecule has 2 aromatic rings. The minimum Gasteiger partial charge on any atom is -0.490 e. The highest BCUT2D eigenvalue weighted by Gasteiger charge is 2.46. The molecule has 1 aromatic heterocycles. The number of rotatable bonds is 4. The average Bonchev–Trinajstić information content (AvgIpc) is 3.31. The Morgan fingerprint density at radius 2 is 1.84 bits per heavy atom. The van der Waals surface area contributed by atoms with Crippen LogP contribution in [0, 0.1) is 11.8 Å².